The summed E-state index contributed by atoms with van der Waals surface area (Å²) in [5, 5.41) is 24.0. The molecule has 0 saturated carbocycles. The number of carboxylic acids is 1. The van der Waals surface area contributed by atoms with Crippen molar-refractivity contribution in [3.05, 3.63) is 52.1 Å². The van der Waals surface area contributed by atoms with E-state index in [4.69, 9.17) is 4.74 Å². The number of hydrogen-bond donors (Lipinski definition) is 4. The molecule has 0 bridgehead atoms. The highest BCUT2D eigenvalue weighted by atomic mass is 32.2. The molecule has 3 atom stereocenters. The zero-order valence-corrected chi connectivity index (χ0v) is 21.2. The standard InChI is InChI=1S/C23H24N4O7S2/c1-23(2,3)34-22(33)26-15(11-4-6-12(28)7-5-11)18(29)25-16-19(30)27-17(21(31)32)13(9-35-20(16)27)14-8-24-10-36-14/h4-8,10,15-16,20,28H,9H2,1-3H3,(H,25,29)(H,26,33)(H,31,32). The van der Waals surface area contributed by atoms with E-state index in [1.807, 2.05) is 0 Å². The Morgan fingerprint density at radius 2 is 1.92 bits per heavy atom. The number of benzene rings is 1. The van der Waals surface area contributed by atoms with Gasteiger partial charge in [-0.3, -0.25) is 19.5 Å². The third-order valence-corrected chi connectivity index (χ3v) is 7.46. The summed E-state index contributed by atoms with van der Waals surface area (Å²) in [6.07, 6.45) is 0.715. The van der Waals surface area contributed by atoms with Gasteiger partial charge in [-0.05, 0) is 38.5 Å². The number of carbonyl (C=O) groups is 4. The third kappa shape index (κ3) is 5.16. The van der Waals surface area contributed by atoms with Crippen molar-refractivity contribution in [3.8, 4) is 5.75 Å². The lowest BCUT2D eigenvalue weighted by atomic mass is 10.0. The number of carbonyl (C=O) groups excluding carboxylic acids is 3. The van der Waals surface area contributed by atoms with E-state index in [1.165, 1.54) is 52.3 Å². The summed E-state index contributed by atoms with van der Waals surface area (Å²) in [5.41, 5.74) is 1.51. The number of thioether (sulfide) groups is 1. The number of ether oxygens (including phenoxy) is 1. The molecule has 1 aromatic heterocycles. The Kier molecular flexibility index (Phi) is 6.96. The highest BCUT2D eigenvalue weighted by Gasteiger charge is 2.54. The first-order chi connectivity index (χ1) is 17.0. The molecule has 1 aromatic carbocycles. The van der Waals surface area contributed by atoms with Crippen molar-refractivity contribution in [1.82, 2.24) is 20.5 Å². The summed E-state index contributed by atoms with van der Waals surface area (Å²) in [4.78, 5) is 56.6. The molecule has 190 valence electrons. The number of phenolic OH excluding ortho intramolecular Hbond substituents is 1. The number of aromatic nitrogens is 1. The first kappa shape index (κ1) is 25.5. The number of carboxylic acid groups (broad SMARTS) is 1. The second-order valence-corrected chi connectivity index (χ2v) is 11.1. The van der Waals surface area contributed by atoms with Gasteiger partial charge in [0.2, 0.25) is 5.91 Å². The van der Waals surface area contributed by atoms with Crippen LogP contribution in [0.25, 0.3) is 5.57 Å². The van der Waals surface area contributed by atoms with Crippen LogP contribution >= 0.6 is 23.1 Å². The number of nitrogens with one attached hydrogen (secondary N) is 2. The van der Waals surface area contributed by atoms with Gasteiger partial charge in [-0.1, -0.05) is 12.1 Å². The predicted molar refractivity (Wildman–Crippen MR) is 132 cm³/mol. The molecule has 3 heterocycles. The van der Waals surface area contributed by atoms with Gasteiger partial charge < -0.3 is 25.6 Å². The summed E-state index contributed by atoms with van der Waals surface area (Å²) in [7, 11) is 0. The molecule has 11 nitrogen and oxygen atoms in total. The van der Waals surface area contributed by atoms with Gasteiger partial charge in [0.15, 0.2) is 0 Å². The zero-order valence-electron chi connectivity index (χ0n) is 19.5. The van der Waals surface area contributed by atoms with Gasteiger partial charge in [0.05, 0.1) is 10.4 Å². The van der Waals surface area contributed by atoms with Gasteiger partial charge in [-0.2, -0.15) is 0 Å². The molecule has 0 radical (unpaired) electrons. The van der Waals surface area contributed by atoms with E-state index < -0.39 is 46.9 Å². The molecule has 2 aliphatic rings. The van der Waals surface area contributed by atoms with Crippen molar-refractivity contribution in [3.63, 3.8) is 0 Å². The average Bonchev–Trinajstić information content (AvgIpc) is 3.34. The largest absolute Gasteiger partial charge is 0.508 e. The fourth-order valence-corrected chi connectivity index (χ4v) is 5.93. The average molecular weight is 533 g/mol. The highest BCUT2D eigenvalue weighted by molar-refractivity contribution is 8.00. The van der Waals surface area contributed by atoms with Crippen molar-refractivity contribution in [2.24, 2.45) is 0 Å². The molecule has 2 aromatic rings. The smallest absolute Gasteiger partial charge is 0.408 e. The maximum absolute atomic E-state index is 13.3. The Bertz CT molecular complexity index is 1220. The van der Waals surface area contributed by atoms with Crippen LogP contribution in [0.15, 0.2) is 41.7 Å². The lowest BCUT2D eigenvalue weighted by Gasteiger charge is -2.49. The number of β-lactam (4-membered cyclic amide) rings is 1. The number of hydrogen-bond acceptors (Lipinski definition) is 9. The van der Waals surface area contributed by atoms with E-state index in [1.54, 1.807) is 32.5 Å². The Labute approximate surface area is 214 Å². The Balaban J connectivity index is 1.55. The summed E-state index contributed by atoms with van der Waals surface area (Å²) in [6, 6.07) is 3.45. The molecule has 13 heteroatoms. The van der Waals surface area contributed by atoms with Crippen LogP contribution in [0.5, 0.6) is 5.75 Å². The number of phenols is 1. The number of rotatable bonds is 6. The number of thiazole rings is 1. The Hall–Kier alpha value is -3.58. The highest BCUT2D eigenvalue weighted by Crippen LogP contribution is 2.44. The number of nitrogens with zero attached hydrogens (tertiary/aromatic N) is 2. The quantitative estimate of drug-likeness (QED) is 0.410. The van der Waals surface area contributed by atoms with Gasteiger partial charge in [-0.25, -0.2) is 9.59 Å². The molecule has 0 aliphatic carbocycles. The van der Waals surface area contributed by atoms with Crippen molar-refractivity contribution < 1.29 is 34.1 Å². The normalized spacial score (nSPS) is 20.2. The zero-order chi connectivity index (χ0) is 26.2. The molecule has 3 amide bonds. The van der Waals surface area contributed by atoms with Crippen LogP contribution in [0.4, 0.5) is 4.79 Å². The fraction of sp³-hybridized carbons (Fsp3) is 0.348. The molecule has 4 rings (SSSR count). The Morgan fingerprint density at radius 3 is 2.50 bits per heavy atom. The van der Waals surface area contributed by atoms with E-state index in [-0.39, 0.29) is 11.4 Å². The van der Waals surface area contributed by atoms with Gasteiger partial charge in [0.1, 0.15) is 34.5 Å². The van der Waals surface area contributed by atoms with Crippen LogP contribution in [-0.2, 0) is 19.1 Å². The predicted octanol–water partition coefficient (Wildman–Crippen LogP) is 2.31. The summed E-state index contributed by atoms with van der Waals surface area (Å²) in [5.74, 6) is -2.19. The minimum absolute atomic E-state index is 0.0247. The molecule has 1 fully saturated rings. The van der Waals surface area contributed by atoms with Crippen LogP contribution < -0.4 is 10.6 Å². The molecule has 2 aliphatic heterocycles. The second kappa shape index (κ2) is 9.82. The monoisotopic (exact) mass is 532 g/mol. The molecule has 3 unspecified atom stereocenters. The van der Waals surface area contributed by atoms with E-state index in [0.29, 0.717) is 21.8 Å². The minimum Gasteiger partial charge on any atom is -0.508 e. The molecule has 1 saturated heterocycles. The summed E-state index contributed by atoms with van der Waals surface area (Å²) >= 11 is 2.61. The molecular weight excluding hydrogens is 508 g/mol. The van der Waals surface area contributed by atoms with Crippen molar-refractivity contribution in [2.75, 3.05) is 5.75 Å². The molecule has 4 N–H and O–H groups in total. The first-order valence-electron chi connectivity index (χ1n) is 10.8. The molecule has 0 spiro atoms. The van der Waals surface area contributed by atoms with E-state index in [9.17, 15) is 29.4 Å². The van der Waals surface area contributed by atoms with Gasteiger partial charge >= 0.3 is 12.1 Å². The maximum Gasteiger partial charge on any atom is 0.408 e. The topological polar surface area (TPSA) is 158 Å². The lowest BCUT2D eigenvalue weighted by Crippen LogP contribution is -2.71. The third-order valence-electron chi connectivity index (χ3n) is 5.35. The van der Waals surface area contributed by atoms with Crippen molar-refractivity contribution >= 4 is 52.5 Å². The first-order valence-corrected chi connectivity index (χ1v) is 12.8. The van der Waals surface area contributed by atoms with E-state index in [0.717, 1.165) is 0 Å². The number of aromatic hydroxyl groups is 1. The number of alkyl carbamates (subject to hydrolysis) is 1. The Morgan fingerprint density at radius 1 is 1.22 bits per heavy atom. The fourth-order valence-electron chi connectivity index (χ4n) is 3.80. The molecule has 36 heavy (non-hydrogen) atoms. The maximum atomic E-state index is 13.3. The van der Waals surface area contributed by atoms with Crippen LogP contribution in [-0.4, -0.2) is 66.7 Å². The van der Waals surface area contributed by atoms with Gasteiger partial charge in [0.25, 0.3) is 5.91 Å². The van der Waals surface area contributed by atoms with Gasteiger partial charge in [0, 0.05) is 17.5 Å². The van der Waals surface area contributed by atoms with Crippen LogP contribution in [0.2, 0.25) is 0 Å². The number of aliphatic carboxylic acids is 1. The molecular formula is C23H24N4O7S2. The second-order valence-electron chi connectivity index (χ2n) is 9.06. The summed E-state index contributed by atoms with van der Waals surface area (Å²) in [6.45, 7) is 5.04. The lowest BCUT2D eigenvalue weighted by molar-refractivity contribution is -0.150. The van der Waals surface area contributed by atoms with Crippen molar-refractivity contribution in [1.29, 1.82) is 0 Å². The van der Waals surface area contributed by atoms with E-state index >= 15 is 0 Å². The number of amides is 3. The van der Waals surface area contributed by atoms with Crippen molar-refractivity contribution in [2.45, 2.75) is 43.8 Å². The van der Waals surface area contributed by atoms with Crippen LogP contribution in [0.3, 0.4) is 0 Å². The number of fused-ring (bicyclic) bond motifs is 1. The van der Waals surface area contributed by atoms with Gasteiger partial charge in [-0.15, -0.1) is 23.1 Å². The summed E-state index contributed by atoms with van der Waals surface area (Å²) < 4.78 is 5.27. The van der Waals surface area contributed by atoms with Crippen LogP contribution in [0.1, 0.15) is 37.3 Å². The van der Waals surface area contributed by atoms with E-state index in [2.05, 4.69) is 15.6 Å². The minimum atomic E-state index is -1.24. The SMILES string of the molecule is CC(C)(C)OC(=O)NC(C(=O)NC1C(=O)N2C(C(=O)O)=C(c3cncs3)CSC12)c1ccc(O)cc1. The van der Waals surface area contributed by atoms with Crippen LogP contribution in [0, 0.1) is 0 Å².